The van der Waals surface area contributed by atoms with Gasteiger partial charge in [-0.25, -0.2) is 0 Å². The maximum atomic E-state index is 2.20. The number of benzene rings is 1. The van der Waals surface area contributed by atoms with Gasteiger partial charge in [0.05, 0.1) is 0 Å². The average Bonchev–Trinajstić information content (AvgIpc) is 2.74. The molecular weight excluding hydrogens is 200 g/mol. The second-order valence-electron chi connectivity index (χ2n) is 3.50. The fourth-order valence-electron chi connectivity index (χ4n) is 1.86. The molecular formula is C14H10S. The highest BCUT2D eigenvalue weighted by Crippen LogP contribution is 2.37. The zero-order chi connectivity index (χ0) is 10.1. The third kappa shape index (κ3) is 1.45. The van der Waals surface area contributed by atoms with E-state index in [2.05, 4.69) is 60.0 Å². The molecule has 0 saturated heterocycles. The van der Waals surface area contributed by atoms with Crippen LogP contribution in [0.3, 0.4) is 0 Å². The van der Waals surface area contributed by atoms with Crippen LogP contribution in [-0.4, -0.2) is 0 Å². The van der Waals surface area contributed by atoms with Gasteiger partial charge in [-0.1, -0.05) is 48.5 Å². The Kier molecular flexibility index (Phi) is 2.04. The first-order valence-electron chi connectivity index (χ1n) is 4.97. The van der Waals surface area contributed by atoms with Gasteiger partial charge in [0.1, 0.15) is 0 Å². The minimum atomic E-state index is 1.30. The van der Waals surface area contributed by atoms with Crippen LogP contribution in [0.5, 0.6) is 0 Å². The molecule has 1 heteroatoms. The molecule has 2 aliphatic rings. The molecule has 3 rings (SSSR count). The van der Waals surface area contributed by atoms with Crippen molar-refractivity contribution in [2.75, 3.05) is 0 Å². The van der Waals surface area contributed by atoms with Gasteiger partial charge in [-0.3, -0.25) is 0 Å². The maximum absolute atomic E-state index is 2.20. The van der Waals surface area contributed by atoms with E-state index in [0.717, 1.165) is 0 Å². The van der Waals surface area contributed by atoms with Crippen molar-refractivity contribution >= 4 is 11.3 Å². The summed E-state index contributed by atoms with van der Waals surface area (Å²) in [4.78, 5) is 1.36. The van der Waals surface area contributed by atoms with Gasteiger partial charge in [0.25, 0.3) is 0 Å². The zero-order valence-electron chi connectivity index (χ0n) is 8.18. The third-order valence-corrected chi connectivity index (χ3v) is 3.48. The maximum Gasteiger partial charge on any atom is 0.0348 e. The Morgan fingerprint density at radius 1 is 0.667 bits per heavy atom. The molecule has 0 radical (unpaired) electrons. The van der Waals surface area contributed by atoms with Gasteiger partial charge in [0, 0.05) is 4.88 Å². The molecule has 0 amide bonds. The van der Waals surface area contributed by atoms with Gasteiger partial charge < -0.3 is 0 Å². The molecule has 1 aliphatic heterocycles. The minimum absolute atomic E-state index is 1.30. The lowest BCUT2D eigenvalue weighted by atomic mass is 10.0. The summed E-state index contributed by atoms with van der Waals surface area (Å²) in [5.74, 6) is 0. The molecule has 0 bridgehead atoms. The molecule has 72 valence electrons. The van der Waals surface area contributed by atoms with E-state index in [-0.39, 0.29) is 0 Å². The van der Waals surface area contributed by atoms with E-state index in [1.54, 1.807) is 11.3 Å². The molecule has 0 nitrogen and oxygen atoms in total. The Labute approximate surface area is 93.2 Å². The fourth-order valence-corrected chi connectivity index (χ4v) is 2.62. The highest BCUT2D eigenvalue weighted by Gasteiger charge is 2.09. The third-order valence-electron chi connectivity index (χ3n) is 2.58. The van der Waals surface area contributed by atoms with Gasteiger partial charge in [0.2, 0.25) is 0 Å². The first-order chi connectivity index (χ1) is 7.45. The Morgan fingerprint density at radius 3 is 2.40 bits per heavy atom. The number of rotatable bonds is 1. The van der Waals surface area contributed by atoms with Crippen LogP contribution >= 0.6 is 11.3 Å². The van der Waals surface area contributed by atoms with E-state index in [4.69, 9.17) is 0 Å². The van der Waals surface area contributed by atoms with Crippen molar-refractivity contribution in [3.05, 3.63) is 60.0 Å². The summed E-state index contributed by atoms with van der Waals surface area (Å²) < 4.78 is 0. The monoisotopic (exact) mass is 210 g/mol. The molecule has 15 heavy (non-hydrogen) atoms. The first-order valence-corrected chi connectivity index (χ1v) is 5.85. The molecule has 0 spiro atoms. The molecule has 1 aromatic carbocycles. The van der Waals surface area contributed by atoms with Gasteiger partial charge in [-0.15, -0.1) is 11.3 Å². The van der Waals surface area contributed by atoms with E-state index in [9.17, 15) is 0 Å². The molecule has 0 aromatic heterocycles. The van der Waals surface area contributed by atoms with Gasteiger partial charge in [-0.05, 0) is 28.1 Å². The van der Waals surface area contributed by atoms with Crippen molar-refractivity contribution in [2.45, 2.75) is 0 Å². The summed E-state index contributed by atoms with van der Waals surface area (Å²) >= 11 is 1.79. The van der Waals surface area contributed by atoms with Crippen LogP contribution in [0.15, 0.2) is 60.0 Å². The van der Waals surface area contributed by atoms with Crippen LogP contribution in [0.25, 0.3) is 21.6 Å². The van der Waals surface area contributed by atoms with Gasteiger partial charge in [-0.2, -0.15) is 0 Å². The highest BCUT2D eigenvalue weighted by atomic mass is 32.1. The Hall–Kier alpha value is -1.60. The van der Waals surface area contributed by atoms with E-state index in [1.807, 2.05) is 0 Å². The van der Waals surface area contributed by atoms with Crippen molar-refractivity contribution in [1.29, 1.82) is 0 Å². The smallest absolute Gasteiger partial charge is 0.0348 e. The second kappa shape index (κ2) is 3.52. The van der Waals surface area contributed by atoms with E-state index < -0.39 is 0 Å². The van der Waals surface area contributed by atoms with Crippen molar-refractivity contribution < 1.29 is 0 Å². The lowest BCUT2D eigenvalue weighted by Crippen LogP contribution is -1.75. The highest BCUT2D eigenvalue weighted by molar-refractivity contribution is 7.13. The molecule has 1 aromatic rings. The van der Waals surface area contributed by atoms with Gasteiger partial charge in [0.15, 0.2) is 0 Å². The molecule has 0 N–H and O–H groups in total. The lowest BCUT2D eigenvalue weighted by molar-refractivity contribution is 1.67. The van der Waals surface area contributed by atoms with Crippen LogP contribution < -0.4 is 0 Å². The van der Waals surface area contributed by atoms with Crippen molar-refractivity contribution in [3.63, 3.8) is 0 Å². The van der Waals surface area contributed by atoms with E-state index >= 15 is 0 Å². The summed E-state index contributed by atoms with van der Waals surface area (Å²) in [6.07, 6.45) is 0. The zero-order valence-corrected chi connectivity index (χ0v) is 9.00. The largest absolute Gasteiger partial charge is 0.144 e. The summed E-state index contributed by atoms with van der Waals surface area (Å²) in [6, 6.07) is 19.2. The van der Waals surface area contributed by atoms with Crippen LogP contribution in [0.1, 0.15) is 0 Å². The van der Waals surface area contributed by atoms with Crippen molar-refractivity contribution in [3.8, 4) is 21.6 Å². The summed E-state index contributed by atoms with van der Waals surface area (Å²) in [7, 11) is 0. The van der Waals surface area contributed by atoms with Crippen molar-refractivity contribution in [2.24, 2.45) is 0 Å². The second-order valence-corrected chi connectivity index (χ2v) is 4.45. The SMILES string of the molecule is c1ccc(-c2ccc3scccc2-3)cc1. The normalized spacial score (nSPS) is 10.7. The predicted molar refractivity (Wildman–Crippen MR) is 66.4 cm³/mol. The predicted octanol–water partition coefficient (Wildman–Crippen LogP) is 4.52. The molecule has 1 aliphatic carbocycles. The molecule has 0 saturated carbocycles. The standard InChI is InChI=1S/C14H10S/c1-2-5-11(6-3-1)12-8-9-14-13(12)7-4-10-15-14/h1-10H. The first kappa shape index (κ1) is 8.69. The molecule has 0 unspecified atom stereocenters. The number of hydrogen-bond donors (Lipinski definition) is 0. The topological polar surface area (TPSA) is 0 Å². The number of fused-ring (bicyclic) bond motifs is 1. The van der Waals surface area contributed by atoms with Gasteiger partial charge >= 0.3 is 0 Å². The molecule has 0 fully saturated rings. The van der Waals surface area contributed by atoms with Crippen molar-refractivity contribution in [1.82, 2.24) is 0 Å². The van der Waals surface area contributed by atoms with Crippen LogP contribution in [0, 0.1) is 0 Å². The molecule has 1 heterocycles. The summed E-state index contributed by atoms with van der Waals surface area (Å²) in [5, 5.41) is 2.12. The average molecular weight is 210 g/mol. The summed E-state index contributed by atoms with van der Waals surface area (Å²) in [6.45, 7) is 0. The quantitative estimate of drug-likeness (QED) is 0.554. The van der Waals surface area contributed by atoms with Crippen LogP contribution in [0.4, 0.5) is 0 Å². The minimum Gasteiger partial charge on any atom is -0.144 e. The Bertz CT molecular complexity index is 536. The number of hydrogen-bond acceptors (Lipinski definition) is 1. The molecule has 0 atom stereocenters. The van der Waals surface area contributed by atoms with E-state index in [1.165, 1.54) is 21.6 Å². The summed E-state index contributed by atoms with van der Waals surface area (Å²) in [5.41, 5.74) is 3.99. The fraction of sp³-hybridized carbons (Fsp3) is 0. The Balaban J connectivity index is 2.22. The van der Waals surface area contributed by atoms with E-state index in [0.29, 0.717) is 0 Å². The Morgan fingerprint density at radius 2 is 1.53 bits per heavy atom. The lowest BCUT2D eigenvalue weighted by Gasteiger charge is -2.02. The van der Waals surface area contributed by atoms with Crippen LogP contribution in [-0.2, 0) is 0 Å². The van der Waals surface area contributed by atoms with Crippen LogP contribution in [0.2, 0.25) is 0 Å².